The Morgan fingerprint density at radius 1 is 1.24 bits per heavy atom. The molecule has 0 saturated heterocycles. The van der Waals surface area contributed by atoms with Crippen LogP contribution in [0.4, 0.5) is 5.69 Å². The SMILES string of the molecule is c1ccc(-n2cnnn2)c(NC2CCCc3sccc32)c1. The number of hydrogen-bond acceptors (Lipinski definition) is 5. The molecule has 21 heavy (non-hydrogen) atoms. The highest BCUT2D eigenvalue weighted by atomic mass is 32.1. The Bertz CT molecular complexity index is 734. The van der Waals surface area contributed by atoms with Gasteiger partial charge in [0.15, 0.2) is 0 Å². The number of para-hydroxylation sites is 2. The highest BCUT2D eigenvalue weighted by Gasteiger charge is 2.21. The Morgan fingerprint density at radius 3 is 3.10 bits per heavy atom. The number of thiophene rings is 1. The van der Waals surface area contributed by atoms with Crippen molar-refractivity contribution in [2.45, 2.75) is 25.3 Å². The number of aromatic nitrogens is 4. The Kier molecular flexibility index (Phi) is 3.16. The van der Waals surface area contributed by atoms with Gasteiger partial charge < -0.3 is 5.32 Å². The third kappa shape index (κ3) is 2.31. The van der Waals surface area contributed by atoms with Crippen LogP contribution in [0, 0.1) is 0 Å². The van der Waals surface area contributed by atoms with E-state index >= 15 is 0 Å². The molecule has 0 saturated carbocycles. The van der Waals surface area contributed by atoms with Crippen molar-refractivity contribution >= 4 is 17.0 Å². The summed E-state index contributed by atoms with van der Waals surface area (Å²) in [5, 5.41) is 17.3. The van der Waals surface area contributed by atoms with Gasteiger partial charge in [-0.05, 0) is 58.8 Å². The van der Waals surface area contributed by atoms with Gasteiger partial charge in [0.25, 0.3) is 0 Å². The van der Waals surface area contributed by atoms with Crippen LogP contribution >= 0.6 is 11.3 Å². The van der Waals surface area contributed by atoms with Crippen molar-refractivity contribution in [1.29, 1.82) is 0 Å². The molecule has 1 aromatic carbocycles. The van der Waals surface area contributed by atoms with Crippen LogP contribution < -0.4 is 5.32 Å². The van der Waals surface area contributed by atoms with Crippen LogP contribution in [0.3, 0.4) is 0 Å². The van der Waals surface area contributed by atoms with Crippen molar-refractivity contribution in [2.24, 2.45) is 0 Å². The van der Waals surface area contributed by atoms with Gasteiger partial charge in [-0.25, -0.2) is 0 Å². The lowest BCUT2D eigenvalue weighted by Crippen LogP contribution is -2.16. The summed E-state index contributed by atoms with van der Waals surface area (Å²) in [7, 11) is 0. The predicted octanol–water partition coefficient (Wildman–Crippen LogP) is 3.21. The van der Waals surface area contributed by atoms with Gasteiger partial charge in [0.1, 0.15) is 6.33 Å². The summed E-state index contributed by atoms with van der Waals surface area (Å²) in [4.78, 5) is 1.51. The Labute approximate surface area is 126 Å². The van der Waals surface area contributed by atoms with Crippen molar-refractivity contribution in [3.05, 3.63) is 52.5 Å². The Balaban J connectivity index is 1.68. The van der Waals surface area contributed by atoms with Crippen LogP contribution in [0.25, 0.3) is 5.69 Å². The van der Waals surface area contributed by atoms with Crippen LogP contribution in [-0.4, -0.2) is 20.2 Å². The predicted molar refractivity (Wildman–Crippen MR) is 82.8 cm³/mol. The maximum Gasteiger partial charge on any atom is 0.143 e. The number of tetrazole rings is 1. The first-order chi connectivity index (χ1) is 10.4. The summed E-state index contributed by atoms with van der Waals surface area (Å²) in [6, 6.07) is 10.8. The van der Waals surface area contributed by atoms with E-state index in [-0.39, 0.29) is 0 Å². The van der Waals surface area contributed by atoms with Crippen molar-refractivity contribution < 1.29 is 0 Å². The van der Waals surface area contributed by atoms with Crippen molar-refractivity contribution in [1.82, 2.24) is 20.2 Å². The smallest absolute Gasteiger partial charge is 0.143 e. The van der Waals surface area contributed by atoms with Gasteiger partial charge in [-0.1, -0.05) is 12.1 Å². The zero-order valence-electron chi connectivity index (χ0n) is 11.4. The molecule has 5 nitrogen and oxygen atoms in total. The molecule has 0 aliphatic heterocycles. The molecule has 0 spiro atoms. The number of nitrogens with one attached hydrogen (secondary N) is 1. The molecular formula is C15H15N5S. The van der Waals surface area contributed by atoms with Gasteiger partial charge in [-0.3, -0.25) is 0 Å². The quantitative estimate of drug-likeness (QED) is 0.806. The highest BCUT2D eigenvalue weighted by Crippen LogP contribution is 2.36. The minimum Gasteiger partial charge on any atom is -0.376 e. The molecule has 4 rings (SSSR count). The second kappa shape index (κ2) is 5.29. The van der Waals surface area contributed by atoms with E-state index in [1.165, 1.54) is 23.3 Å². The van der Waals surface area contributed by atoms with E-state index in [2.05, 4.69) is 38.4 Å². The zero-order chi connectivity index (χ0) is 14.1. The Morgan fingerprint density at radius 2 is 2.19 bits per heavy atom. The number of nitrogens with zero attached hydrogens (tertiary/aromatic N) is 4. The van der Waals surface area contributed by atoms with Gasteiger partial charge in [0.2, 0.25) is 0 Å². The molecule has 0 radical (unpaired) electrons. The lowest BCUT2D eigenvalue weighted by molar-refractivity contribution is 0.608. The molecular weight excluding hydrogens is 282 g/mol. The molecule has 1 aliphatic carbocycles. The minimum atomic E-state index is 0.373. The molecule has 6 heteroatoms. The van der Waals surface area contributed by atoms with Crippen LogP contribution in [0.15, 0.2) is 42.0 Å². The van der Waals surface area contributed by atoms with Crippen molar-refractivity contribution in [2.75, 3.05) is 5.32 Å². The summed E-state index contributed by atoms with van der Waals surface area (Å²) in [5.74, 6) is 0. The van der Waals surface area contributed by atoms with Crippen LogP contribution in [0.5, 0.6) is 0 Å². The Hall–Kier alpha value is -2.21. The van der Waals surface area contributed by atoms with Crippen LogP contribution in [-0.2, 0) is 6.42 Å². The minimum absolute atomic E-state index is 0.373. The first-order valence-electron chi connectivity index (χ1n) is 7.07. The topological polar surface area (TPSA) is 55.6 Å². The van der Waals surface area contributed by atoms with Gasteiger partial charge in [-0.2, -0.15) is 4.68 Å². The lowest BCUT2D eigenvalue weighted by Gasteiger charge is -2.25. The number of rotatable bonds is 3. The van der Waals surface area contributed by atoms with E-state index in [4.69, 9.17) is 0 Å². The summed E-state index contributed by atoms with van der Waals surface area (Å²) >= 11 is 1.86. The zero-order valence-corrected chi connectivity index (χ0v) is 12.3. The van der Waals surface area contributed by atoms with Crippen LogP contribution in [0.2, 0.25) is 0 Å². The van der Waals surface area contributed by atoms with Gasteiger partial charge in [0.05, 0.1) is 17.4 Å². The van der Waals surface area contributed by atoms with E-state index < -0.39 is 0 Å². The fourth-order valence-electron chi connectivity index (χ4n) is 2.89. The molecule has 1 aliphatic rings. The molecule has 2 aromatic heterocycles. The van der Waals surface area contributed by atoms with Gasteiger partial charge in [0, 0.05) is 4.88 Å². The molecule has 106 valence electrons. The van der Waals surface area contributed by atoms with Crippen molar-refractivity contribution in [3.63, 3.8) is 0 Å². The second-order valence-corrected chi connectivity index (χ2v) is 6.16. The first-order valence-corrected chi connectivity index (χ1v) is 7.95. The average molecular weight is 297 g/mol. The maximum atomic E-state index is 3.99. The maximum absolute atomic E-state index is 3.99. The van der Waals surface area contributed by atoms with E-state index in [9.17, 15) is 0 Å². The summed E-state index contributed by atoms with van der Waals surface area (Å²) in [6.07, 6.45) is 5.23. The third-order valence-corrected chi connectivity index (χ3v) is 4.88. The van der Waals surface area contributed by atoms with E-state index in [0.29, 0.717) is 6.04 Å². The average Bonchev–Trinajstić information content (AvgIpc) is 3.20. The monoisotopic (exact) mass is 297 g/mol. The number of benzene rings is 1. The molecule has 3 aromatic rings. The largest absolute Gasteiger partial charge is 0.376 e. The number of hydrogen-bond donors (Lipinski definition) is 1. The molecule has 1 unspecified atom stereocenters. The van der Waals surface area contributed by atoms with E-state index in [1.807, 2.05) is 29.5 Å². The normalized spacial score (nSPS) is 17.4. The molecule has 2 heterocycles. The first kappa shape index (κ1) is 12.5. The fraction of sp³-hybridized carbons (Fsp3) is 0.267. The lowest BCUT2D eigenvalue weighted by atomic mass is 9.94. The number of fused-ring (bicyclic) bond motifs is 1. The molecule has 1 N–H and O–H groups in total. The van der Waals surface area contributed by atoms with Gasteiger partial charge >= 0.3 is 0 Å². The molecule has 1 atom stereocenters. The third-order valence-electron chi connectivity index (χ3n) is 3.88. The molecule has 0 bridgehead atoms. The summed E-state index contributed by atoms with van der Waals surface area (Å²) < 4.78 is 1.69. The summed E-state index contributed by atoms with van der Waals surface area (Å²) in [5.41, 5.74) is 3.48. The molecule has 0 amide bonds. The molecule has 0 fully saturated rings. The van der Waals surface area contributed by atoms with Crippen LogP contribution in [0.1, 0.15) is 29.3 Å². The number of anilines is 1. The standard InChI is InChI=1S/C15H15N5S/c1-2-6-14(20-10-16-18-19-20)13(4-1)17-12-5-3-7-15-11(12)8-9-21-15/h1-2,4,6,8-10,12,17H,3,5,7H2. The second-order valence-electron chi connectivity index (χ2n) is 5.16. The fourth-order valence-corrected chi connectivity index (χ4v) is 3.88. The summed E-state index contributed by atoms with van der Waals surface area (Å²) in [6.45, 7) is 0. The van der Waals surface area contributed by atoms with Gasteiger partial charge in [-0.15, -0.1) is 16.4 Å². The number of aryl methyl sites for hydroxylation is 1. The van der Waals surface area contributed by atoms with E-state index in [1.54, 1.807) is 11.0 Å². The van der Waals surface area contributed by atoms with E-state index in [0.717, 1.165) is 17.8 Å². The van der Waals surface area contributed by atoms with Crippen molar-refractivity contribution in [3.8, 4) is 5.69 Å². The highest BCUT2D eigenvalue weighted by molar-refractivity contribution is 7.10.